The number of rotatable bonds is 4. The second-order valence-electron chi connectivity index (χ2n) is 5.88. The Kier molecular flexibility index (Phi) is 4.62. The summed E-state index contributed by atoms with van der Waals surface area (Å²) in [6.45, 7) is 4.27. The van der Waals surface area contributed by atoms with Crippen molar-refractivity contribution in [1.29, 1.82) is 0 Å². The second kappa shape index (κ2) is 6.68. The van der Waals surface area contributed by atoms with Crippen LogP contribution in [0.4, 0.5) is 4.39 Å². The van der Waals surface area contributed by atoms with Crippen molar-refractivity contribution in [3.63, 3.8) is 0 Å². The molecule has 1 saturated heterocycles. The van der Waals surface area contributed by atoms with Crippen LogP contribution in [0.25, 0.3) is 0 Å². The van der Waals surface area contributed by atoms with Crippen LogP contribution < -0.4 is 0 Å². The van der Waals surface area contributed by atoms with E-state index >= 15 is 0 Å². The van der Waals surface area contributed by atoms with Crippen molar-refractivity contribution in [2.24, 2.45) is 0 Å². The normalized spacial score (nSPS) is 18.4. The number of carbonyl (C=O) groups is 2. The van der Waals surface area contributed by atoms with Crippen molar-refractivity contribution in [3.8, 4) is 0 Å². The van der Waals surface area contributed by atoms with E-state index in [1.54, 1.807) is 29.5 Å². The van der Waals surface area contributed by atoms with Crippen LogP contribution in [0.2, 0.25) is 0 Å². The van der Waals surface area contributed by atoms with E-state index in [4.69, 9.17) is 0 Å². The summed E-state index contributed by atoms with van der Waals surface area (Å²) in [4.78, 5) is 33.3. The fraction of sp³-hybridized carbons (Fsp3) is 0.353. The van der Waals surface area contributed by atoms with E-state index in [-0.39, 0.29) is 30.7 Å². The molecule has 2 aromatic rings. The van der Waals surface area contributed by atoms with Gasteiger partial charge in [-0.05, 0) is 31.5 Å². The van der Waals surface area contributed by atoms with Crippen molar-refractivity contribution < 1.29 is 14.0 Å². The Bertz CT molecular complexity index is 777. The molecule has 3 rings (SSSR count). The molecule has 1 atom stereocenters. The molecule has 24 heavy (non-hydrogen) atoms. The molecule has 1 aromatic carbocycles. The summed E-state index contributed by atoms with van der Waals surface area (Å²) in [5, 5.41) is 0. The topological polar surface area (TPSA) is 53.5 Å². The van der Waals surface area contributed by atoms with Gasteiger partial charge >= 0.3 is 0 Å². The van der Waals surface area contributed by atoms with Gasteiger partial charge in [0.1, 0.15) is 18.4 Å². The van der Waals surface area contributed by atoms with Crippen LogP contribution in [0.1, 0.15) is 23.1 Å². The SMILES string of the molecule is Cc1ncsc1CN1C(=O)CN(Cc2cccc(F)c2)C(=O)[C@@H]1C. The molecule has 0 spiro atoms. The lowest BCUT2D eigenvalue weighted by atomic mass is 10.1. The van der Waals surface area contributed by atoms with E-state index < -0.39 is 6.04 Å². The Morgan fingerprint density at radius 2 is 2.12 bits per heavy atom. The molecule has 0 aliphatic carbocycles. The number of benzene rings is 1. The third-order valence-electron chi connectivity index (χ3n) is 4.20. The lowest BCUT2D eigenvalue weighted by molar-refractivity contribution is -0.156. The first-order valence-electron chi connectivity index (χ1n) is 7.67. The number of thiazole rings is 1. The Morgan fingerprint density at radius 3 is 2.79 bits per heavy atom. The number of piperazine rings is 1. The molecular weight excluding hydrogens is 329 g/mol. The van der Waals surface area contributed by atoms with Gasteiger partial charge in [0.2, 0.25) is 11.8 Å². The van der Waals surface area contributed by atoms with Crippen LogP contribution in [-0.4, -0.2) is 39.2 Å². The van der Waals surface area contributed by atoms with Crippen molar-refractivity contribution in [2.75, 3.05) is 6.54 Å². The molecule has 1 aliphatic heterocycles. The monoisotopic (exact) mass is 347 g/mol. The van der Waals surface area contributed by atoms with E-state index in [1.807, 2.05) is 6.92 Å². The number of carbonyl (C=O) groups excluding carboxylic acids is 2. The number of nitrogens with zero attached hydrogens (tertiary/aromatic N) is 3. The van der Waals surface area contributed by atoms with E-state index in [9.17, 15) is 14.0 Å². The number of halogens is 1. The number of aromatic nitrogens is 1. The zero-order valence-electron chi connectivity index (χ0n) is 13.5. The van der Waals surface area contributed by atoms with Gasteiger partial charge in [-0.2, -0.15) is 0 Å². The van der Waals surface area contributed by atoms with Gasteiger partial charge in [-0.3, -0.25) is 9.59 Å². The van der Waals surface area contributed by atoms with Crippen molar-refractivity contribution in [2.45, 2.75) is 33.0 Å². The predicted octanol–water partition coefficient (Wildman–Crippen LogP) is 2.35. The maximum Gasteiger partial charge on any atom is 0.245 e. The zero-order valence-corrected chi connectivity index (χ0v) is 14.3. The smallest absolute Gasteiger partial charge is 0.245 e. The van der Waals surface area contributed by atoms with Gasteiger partial charge in [0.15, 0.2) is 0 Å². The van der Waals surface area contributed by atoms with Crippen LogP contribution in [0.5, 0.6) is 0 Å². The van der Waals surface area contributed by atoms with Crippen LogP contribution in [0, 0.1) is 12.7 Å². The fourth-order valence-electron chi connectivity index (χ4n) is 2.79. The minimum absolute atomic E-state index is 0.0114. The van der Waals surface area contributed by atoms with Gasteiger partial charge in [0.25, 0.3) is 0 Å². The highest BCUT2D eigenvalue weighted by Gasteiger charge is 2.36. The van der Waals surface area contributed by atoms with Crippen molar-refractivity contribution in [1.82, 2.24) is 14.8 Å². The van der Waals surface area contributed by atoms with Gasteiger partial charge in [-0.1, -0.05) is 12.1 Å². The van der Waals surface area contributed by atoms with E-state index in [2.05, 4.69) is 4.98 Å². The summed E-state index contributed by atoms with van der Waals surface area (Å²) in [7, 11) is 0. The summed E-state index contributed by atoms with van der Waals surface area (Å²) in [5.74, 6) is -0.578. The lowest BCUT2D eigenvalue weighted by Gasteiger charge is -2.38. The molecule has 126 valence electrons. The third-order valence-corrected chi connectivity index (χ3v) is 5.12. The first kappa shape index (κ1) is 16.6. The number of hydrogen-bond donors (Lipinski definition) is 0. The molecular formula is C17H18FN3O2S. The summed E-state index contributed by atoms with van der Waals surface area (Å²) in [6.07, 6.45) is 0. The Hall–Kier alpha value is -2.28. The number of amides is 2. The number of hydrogen-bond acceptors (Lipinski definition) is 4. The highest BCUT2D eigenvalue weighted by molar-refractivity contribution is 7.09. The van der Waals surface area contributed by atoms with E-state index in [0.29, 0.717) is 12.1 Å². The molecule has 0 N–H and O–H groups in total. The largest absolute Gasteiger partial charge is 0.327 e. The quantitative estimate of drug-likeness (QED) is 0.853. The lowest BCUT2D eigenvalue weighted by Crippen LogP contribution is -2.57. The molecule has 0 unspecified atom stereocenters. The maximum absolute atomic E-state index is 13.3. The Labute approximate surface area is 143 Å². The second-order valence-corrected chi connectivity index (χ2v) is 6.82. The van der Waals surface area contributed by atoms with Crippen molar-refractivity contribution in [3.05, 3.63) is 51.7 Å². The van der Waals surface area contributed by atoms with Gasteiger partial charge in [-0.25, -0.2) is 9.37 Å². The van der Waals surface area contributed by atoms with Crippen LogP contribution in [0.15, 0.2) is 29.8 Å². The molecule has 5 nitrogen and oxygen atoms in total. The molecule has 0 radical (unpaired) electrons. The molecule has 2 heterocycles. The van der Waals surface area contributed by atoms with Gasteiger partial charge < -0.3 is 9.80 Å². The minimum Gasteiger partial charge on any atom is -0.327 e. The summed E-state index contributed by atoms with van der Waals surface area (Å²) < 4.78 is 13.3. The van der Waals surface area contributed by atoms with Crippen LogP contribution in [-0.2, 0) is 22.7 Å². The summed E-state index contributed by atoms with van der Waals surface area (Å²) in [5.41, 5.74) is 3.30. The van der Waals surface area contributed by atoms with Gasteiger partial charge in [0.05, 0.1) is 17.7 Å². The molecule has 1 fully saturated rings. The van der Waals surface area contributed by atoms with Gasteiger partial charge in [0, 0.05) is 11.4 Å². The molecule has 1 aliphatic rings. The fourth-order valence-corrected chi connectivity index (χ4v) is 3.57. The highest BCUT2D eigenvalue weighted by Crippen LogP contribution is 2.21. The minimum atomic E-state index is -0.540. The molecule has 0 saturated carbocycles. The molecule has 1 aromatic heterocycles. The summed E-state index contributed by atoms with van der Waals surface area (Å²) in [6, 6.07) is 5.55. The maximum atomic E-state index is 13.3. The standard InChI is InChI=1S/C17H18FN3O2S/c1-11-15(24-10-19-11)8-21-12(2)17(23)20(9-16(21)22)7-13-4-3-5-14(18)6-13/h3-6,10,12H,7-9H2,1-2H3/t12-/m0/s1. The highest BCUT2D eigenvalue weighted by atomic mass is 32.1. The predicted molar refractivity (Wildman–Crippen MR) is 88.7 cm³/mol. The Balaban J connectivity index is 1.73. The molecule has 2 amide bonds. The van der Waals surface area contributed by atoms with Crippen molar-refractivity contribution >= 4 is 23.2 Å². The molecule has 0 bridgehead atoms. The molecule has 7 heteroatoms. The first-order valence-corrected chi connectivity index (χ1v) is 8.55. The van der Waals surface area contributed by atoms with E-state index in [1.165, 1.54) is 28.4 Å². The first-order chi connectivity index (χ1) is 11.5. The average molecular weight is 347 g/mol. The van der Waals surface area contributed by atoms with E-state index in [0.717, 1.165) is 10.6 Å². The zero-order chi connectivity index (χ0) is 17.3. The van der Waals surface area contributed by atoms with Gasteiger partial charge in [-0.15, -0.1) is 11.3 Å². The average Bonchev–Trinajstić information content (AvgIpc) is 2.94. The van der Waals surface area contributed by atoms with Crippen LogP contribution in [0.3, 0.4) is 0 Å². The van der Waals surface area contributed by atoms with Crippen LogP contribution >= 0.6 is 11.3 Å². The number of aryl methyl sites for hydroxylation is 1. The Morgan fingerprint density at radius 1 is 1.33 bits per heavy atom. The summed E-state index contributed by atoms with van der Waals surface area (Å²) >= 11 is 1.48. The third kappa shape index (κ3) is 3.31.